The minimum atomic E-state index is -0.369. The maximum atomic E-state index is 13.2. The van der Waals surface area contributed by atoms with Gasteiger partial charge in [-0.25, -0.2) is 4.79 Å². The maximum Gasteiger partial charge on any atom is 0.330 e. The Balaban J connectivity index is 1.94. The molecular formula is C18H24N4O3S. The lowest BCUT2D eigenvalue weighted by Crippen LogP contribution is -2.46. The van der Waals surface area contributed by atoms with Crippen LogP contribution in [0, 0.1) is 0 Å². The molecule has 1 aliphatic rings. The number of carbonyl (C=O) groups excluding carboxylic acids is 1. The first-order valence-corrected chi connectivity index (χ1v) is 9.58. The molecule has 1 aliphatic heterocycles. The highest BCUT2D eigenvalue weighted by Gasteiger charge is 2.31. The molecule has 3 rings (SSSR count). The van der Waals surface area contributed by atoms with Crippen LogP contribution in [-0.2, 0) is 25.4 Å². The van der Waals surface area contributed by atoms with Gasteiger partial charge >= 0.3 is 5.69 Å². The average Bonchev–Trinajstić information content (AvgIpc) is 3.34. The van der Waals surface area contributed by atoms with Crippen molar-refractivity contribution in [3.63, 3.8) is 0 Å². The van der Waals surface area contributed by atoms with E-state index in [0.717, 1.165) is 29.0 Å². The molecule has 0 unspecified atom stereocenters. The van der Waals surface area contributed by atoms with E-state index in [0.29, 0.717) is 5.56 Å². The molecule has 26 heavy (non-hydrogen) atoms. The molecule has 2 aromatic heterocycles. The van der Waals surface area contributed by atoms with E-state index in [2.05, 4.69) is 5.32 Å². The van der Waals surface area contributed by atoms with Crippen molar-refractivity contribution in [3.05, 3.63) is 55.0 Å². The van der Waals surface area contributed by atoms with Gasteiger partial charge in [0.05, 0.1) is 18.0 Å². The van der Waals surface area contributed by atoms with E-state index in [1.807, 2.05) is 24.4 Å². The molecule has 140 valence electrons. The Hall–Kier alpha value is -2.19. The molecule has 8 heteroatoms. The van der Waals surface area contributed by atoms with Gasteiger partial charge < -0.3 is 14.8 Å². The highest BCUT2D eigenvalue weighted by atomic mass is 32.1. The van der Waals surface area contributed by atoms with E-state index in [1.165, 1.54) is 11.6 Å². The SMILES string of the molecule is C[C@H](C(=O)N(Cc1cn(C)c(=O)n(C)c1=O)[C@H]1CCNC1)c1cccs1. The van der Waals surface area contributed by atoms with Crippen molar-refractivity contribution in [1.29, 1.82) is 0 Å². The van der Waals surface area contributed by atoms with E-state index in [-0.39, 0.29) is 35.7 Å². The fourth-order valence-corrected chi connectivity index (χ4v) is 4.15. The third kappa shape index (κ3) is 3.52. The zero-order chi connectivity index (χ0) is 18.8. The number of carbonyl (C=O) groups is 1. The van der Waals surface area contributed by atoms with Gasteiger partial charge in [0.25, 0.3) is 5.56 Å². The van der Waals surface area contributed by atoms with Crippen molar-refractivity contribution in [3.8, 4) is 0 Å². The van der Waals surface area contributed by atoms with Crippen LogP contribution in [-0.4, -0.2) is 39.1 Å². The molecular weight excluding hydrogens is 352 g/mol. The van der Waals surface area contributed by atoms with Crippen molar-refractivity contribution in [2.45, 2.75) is 31.8 Å². The summed E-state index contributed by atoms with van der Waals surface area (Å²) in [5.74, 6) is -0.246. The van der Waals surface area contributed by atoms with E-state index in [4.69, 9.17) is 0 Å². The molecule has 1 fully saturated rings. The standard InChI is InChI=1S/C18H24N4O3S/c1-12(15-5-4-8-26-15)16(23)22(14-6-7-19-9-14)11-13-10-20(2)18(25)21(3)17(13)24/h4-5,8,10,12,14,19H,6-7,9,11H2,1-3H3/t12-,14-/m0/s1. The molecule has 0 saturated carbocycles. The first kappa shape index (κ1) is 18.6. The fraction of sp³-hybridized carbons (Fsp3) is 0.500. The second-order valence-corrected chi connectivity index (χ2v) is 7.74. The lowest BCUT2D eigenvalue weighted by atomic mass is 10.1. The van der Waals surface area contributed by atoms with Gasteiger partial charge in [-0.15, -0.1) is 11.3 Å². The first-order valence-electron chi connectivity index (χ1n) is 8.70. The van der Waals surface area contributed by atoms with Gasteiger partial charge in [-0.1, -0.05) is 6.07 Å². The van der Waals surface area contributed by atoms with Gasteiger partial charge in [-0.05, 0) is 31.3 Å². The summed E-state index contributed by atoms with van der Waals surface area (Å²) in [6.45, 7) is 3.69. The van der Waals surface area contributed by atoms with Gasteiger partial charge in [0.15, 0.2) is 0 Å². The van der Waals surface area contributed by atoms with Crippen molar-refractivity contribution in [1.82, 2.24) is 19.4 Å². The molecule has 1 saturated heterocycles. The first-order chi connectivity index (χ1) is 12.4. The quantitative estimate of drug-likeness (QED) is 0.831. The van der Waals surface area contributed by atoms with Crippen molar-refractivity contribution < 1.29 is 4.79 Å². The van der Waals surface area contributed by atoms with E-state index in [1.54, 1.807) is 29.5 Å². The Morgan fingerprint density at radius 2 is 2.19 bits per heavy atom. The molecule has 2 atom stereocenters. The third-order valence-corrected chi connectivity index (χ3v) is 6.01. The molecule has 0 bridgehead atoms. The predicted molar refractivity (Wildman–Crippen MR) is 101 cm³/mol. The monoisotopic (exact) mass is 376 g/mol. The van der Waals surface area contributed by atoms with Crippen LogP contribution >= 0.6 is 11.3 Å². The molecule has 2 aromatic rings. The van der Waals surface area contributed by atoms with E-state index in [9.17, 15) is 14.4 Å². The van der Waals surface area contributed by atoms with Crippen LogP contribution in [0.5, 0.6) is 0 Å². The number of aromatic nitrogens is 2. The summed E-state index contributed by atoms with van der Waals surface area (Å²) in [6.07, 6.45) is 2.40. The van der Waals surface area contributed by atoms with Crippen molar-refractivity contribution >= 4 is 17.2 Å². The molecule has 1 N–H and O–H groups in total. The molecule has 1 amide bonds. The zero-order valence-corrected chi connectivity index (χ0v) is 16.1. The lowest BCUT2D eigenvalue weighted by Gasteiger charge is -2.31. The van der Waals surface area contributed by atoms with Gasteiger partial charge in [-0.3, -0.25) is 14.2 Å². The second-order valence-electron chi connectivity index (χ2n) is 6.76. The Morgan fingerprint density at radius 1 is 1.42 bits per heavy atom. The second kappa shape index (κ2) is 7.59. The van der Waals surface area contributed by atoms with Crippen LogP contribution in [0.4, 0.5) is 0 Å². The number of thiophene rings is 1. The van der Waals surface area contributed by atoms with Crippen LogP contribution in [0.25, 0.3) is 0 Å². The van der Waals surface area contributed by atoms with Gasteiger partial charge in [-0.2, -0.15) is 0 Å². The van der Waals surface area contributed by atoms with Crippen LogP contribution < -0.4 is 16.6 Å². The molecule has 0 aliphatic carbocycles. The van der Waals surface area contributed by atoms with Crippen LogP contribution in [0.3, 0.4) is 0 Å². The Labute approximate surface area is 155 Å². The summed E-state index contributed by atoms with van der Waals surface area (Å²) in [5, 5.41) is 5.25. The molecule has 0 aromatic carbocycles. The Bertz CT molecular complexity index is 894. The number of rotatable bonds is 5. The van der Waals surface area contributed by atoms with E-state index >= 15 is 0 Å². The molecule has 0 spiro atoms. The predicted octanol–water partition coefficient (Wildman–Crippen LogP) is 0.640. The Kier molecular flexibility index (Phi) is 5.43. The zero-order valence-electron chi connectivity index (χ0n) is 15.3. The van der Waals surface area contributed by atoms with Crippen LogP contribution in [0.2, 0.25) is 0 Å². The summed E-state index contributed by atoms with van der Waals surface area (Å²) in [5.41, 5.74) is -0.264. The van der Waals surface area contributed by atoms with E-state index < -0.39 is 0 Å². The smallest absolute Gasteiger partial charge is 0.330 e. The lowest BCUT2D eigenvalue weighted by molar-refractivity contribution is -0.135. The molecule has 3 heterocycles. The maximum absolute atomic E-state index is 13.2. The van der Waals surface area contributed by atoms with Crippen LogP contribution in [0.1, 0.15) is 29.7 Å². The van der Waals surface area contributed by atoms with Crippen molar-refractivity contribution in [2.75, 3.05) is 13.1 Å². The molecule has 0 radical (unpaired) electrons. The summed E-state index contributed by atoms with van der Waals surface area (Å²) < 4.78 is 2.47. The fourth-order valence-electron chi connectivity index (χ4n) is 3.38. The number of nitrogens with zero attached hydrogens (tertiary/aromatic N) is 3. The van der Waals surface area contributed by atoms with Gasteiger partial charge in [0.2, 0.25) is 5.91 Å². The number of nitrogens with one attached hydrogen (secondary N) is 1. The van der Waals surface area contributed by atoms with Gasteiger partial charge in [0, 0.05) is 37.8 Å². The minimum Gasteiger partial charge on any atom is -0.333 e. The van der Waals surface area contributed by atoms with Crippen LogP contribution in [0.15, 0.2) is 33.3 Å². The highest BCUT2D eigenvalue weighted by molar-refractivity contribution is 7.10. The average molecular weight is 376 g/mol. The van der Waals surface area contributed by atoms with Crippen molar-refractivity contribution in [2.24, 2.45) is 14.1 Å². The highest BCUT2D eigenvalue weighted by Crippen LogP contribution is 2.25. The Morgan fingerprint density at radius 3 is 2.81 bits per heavy atom. The third-order valence-electron chi connectivity index (χ3n) is 4.96. The number of hydrogen-bond donors (Lipinski definition) is 1. The summed E-state index contributed by atoms with van der Waals surface area (Å²) in [6, 6.07) is 3.95. The number of hydrogen-bond acceptors (Lipinski definition) is 5. The minimum absolute atomic E-state index is 0.0112. The normalized spacial score (nSPS) is 18.0. The van der Waals surface area contributed by atoms with Gasteiger partial charge in [0.1, 0.15) is 0 Å². The summed E-state index contributed by atoms with van der Waals surface area (Å²) in [4.78, 5) is 40.4. The molecule has 7 nitrogen and oxygen atoms in total. The largest absolute Gasteiger partial charge is 0.333 e. The number of amides is 1. The summed E-state index contributed by atoms with van der Waals surface area (Å²) >= 11 is 1.56. The number of aryl methyl sites for hydroxylation is 1. The summed E-state index contributed by atoms with van der Waals surface area (Å²) in [7, 11) is 3.08. The topological polar surface area (TPSA) is 76.3 Å².